The minimum Gasteiger partial charge on any atom is -0.341 e. The fourth-order valence-corrected chi connectivity index (χ4v) is 3.67. The van der Waals surface area contributed by atoms with E-state index in [0.717, 1.165) is 12.0 Å². The van der Waals surface area contributed by atoms with Gasteiger partial charge in [-0.2, -0.15) is 0 Å². The number of carbonyl (C=O) groups excluding carboxylic acids is 1. The molecule has 1 atom stereocenters. The Hall–Kier alpha value is -0.880. The number of likely N-dealkylation sites (tertiary alicyclic amines) is 1. The molecule has 1 rings (SSSR count). The molecule has 0 aromatic carbocycles. The van der Waals surface area contributed by atoms with Crippen LogP contribution >= 0.6 is 0 Å². The predicted molar refractivity (Wildman–Crippen MR) is 80.8 cm³/mol. The van der Waals surface area contributed by atoms with Gasteiger partial charge < -0.3 is 4.90 Å². The quantitative estimate of drug-likeness (QED) is 0.739. The third kappa shape index (κ3) is 3.23. The summed E-state index contributed by atoms with van der Waals surface area (Å²) in [5.74, 6) is -0.0383. The highest BCUT2D eigenvalue weighted by molar-refractivity contribution is 7.89. The number of hydrogen-bond donors (Lipinski definition) is 0. The number of amides is 1. The predicted octanol–water partition coefficient (Wildman–Crippen LogP) is 1.47. The molecule has 1 heterocycles. The van der Waals surface area contributed by atoms with Crippen molar-refractivity contribution in [2.24, 2.45) is 5.41 Å². The zero-order valence-electron chi connectivity index (χ0n) is 13.1. The van der Waals surface area contributed by atoms with Crippen molar-refractivity contribution >= 4 is 15.9 Å². The Bertz CT molecular complexity index is 495. The first-order chi connectivity index (χ1) is 9.01. The average Bonchev–Trinajstić information content (AvgIpc) is 2.37. The zero-order chi connectivity index (χ0) is 15.7. The van der Waals surface area contributed by atoms with Crippen LogP contribution in [0, 0.1) is 5.41 Å². The summed E-state index contributed by atoms with van der Waals surface area (Å²) >= 11 is 0. The number of carbonyl (C=O) groups is 1. The highest BCUT2D eigenvalue weighted by Gasteiger charge is 2.38. The van der Waals surface area contributed by atoms with Crippen LogP contribution in [0.5, 0.6) is 0 Å². The van der Waals surface area contributed by atoms with E-state index in [9.17, 15) is 13.2 Å². The van der Waals surface area contributed by atoms with Crippen LogP contribution in [-0.2, 0) is 14.8 Å². The molecule has 1 aliphatic rings. The summed E-state index contributed by atoms with van der Waals surface area (Å²) < 4.78 is 25.7. The first kappa shape index (κ1) is 17.2. The molecule has 1 aliphatic heterocycles. The molecule has 1 saturated heterocycles. The number of hydrogen-bond acceptors (Lipinski definition) is 3. The van der Waals surface area contributed by atoms with Crippen LogP contribution in [0.3, 0.4) is 0 Å². The van der Waals surface area contributed by atoms with E-state index in [-0.39, 0.29) is 12.5 Å². The zero-order valence-corrected chi connectivity index (χ0v) is 14.0. The SMILES string of the molecule is C=C(C)C(C)(C)C(=O)N1CCCC(S(=O)(=O)N(C)C)C1. The normalized spacial score (nSPS) is 21.1. The molecular weight excluding hydrogens is 276 g/mol. The van der Waals surface area contributed by atoms with Crippen molar-refractivity contribution in [1.29, 1.82) is 0 Å². The van der Waals surface area contributed by atoms with Crippen LogP contribution < -0.4 is 0 Å². The molecular formula is C14H26N2O3S. The molecule has 6 heteroatoms. The molecule has 20 heavy (non-hydrogen) atoms. The van der Waals surface area contributed by atoms with Crippen LogP contribution in [0.1, 0.15) is 33.6 Å². The highest BCUT2D eigenvalue weighted by Crippen LogP contribution is 2.29. The van der Waals surface area contributed by atoms with Gasteiger partial charge >= 0.3 is 0 Å². The van der Waals surface area contributed by atoms with Crippen molar-refractivity contribution in [2.75, 3.05) is 27.2 Å². The second-order valence-corrected chi connectivity index (χ2v) is 8.67. The Kier molecular flexibility index (Phi) is 5.03. The summed E-state index contributed by atoms with van der Waals surface area (Å²) in [6, 6.07) is 0. The molecule has 0 bridgehead atoms. The second-order valence-electron chi connectivity index (χ2n) is 6.25. The Balaban J connectivity index is 2.91. The van der Waals surface area contributed by atoms with E-state index in [1.165, 1.54) is 18.4 Å². The van der Waals surface area contributed by atoms with E-state index in [1.54, 1.807) is 4.90 Å². The summed E-state index contributed by atoms with van der Waals surface area (Å²) in [5.41, 5.74) is 0.143. The van der Waals surface area contributed by atoms with E-state index < -0.39 is 20.7 Å². The van der Waals surface area contributed by atoms with Crippen LogP contribution in [0.15, 0.2) is 12.2 Å². The highest BCUT2D eigenvalue weighted by atomic mass is 32.2. The third-order valence-electron chi connectivity index (χ3n) is 4.20. The molecule has 0 N–H and O–H groups in total. The average molecular weight is 302 g/mol. The molecule has 1 fully saturated rings. The van der Waals surface area contributed by atoms with Gasteiger partial charge in [0.25, 0.3) is 0 Å². The van der Waals surface area contributed by atoms with Crippen molar-refractivity contribution in [3.8, 4) is 0 Å². The van der Waals surface area contributed by atoms with E-state index >= 15 is 0 Å². The van der Waals surface area contributed by atoms with Gasteiger partial charge in [-0.05, 0) is 33.6 Å². The van der Waals surface area contributed by atoms with Gasteiger partial charge in [0, 0.05) is 27.2 Å². The molecule has 116 valence electrons. The summed E-state index contributed by atoms with van der Waals surface area (Å²) in [4.78, 5) is 14.2. The molecule has 5 nitrogen and oxygen atoms in total. The van der Waals surface area contributed by atoms with Crippen LogP contribution in [0.2, 0.25) is 0 Å². The molecule has 0 saturated carbocycles. The van der Waals surface area contributed by atoms with Gasteiger partial charge in [0.2, 0.25) is 15.9 Å². The maximum absolute atomic E-state index is 12.6. The summed E-state index contributed by atoms with van der Waals surface area (Å²) in [6.07, 6.45) is 1.33. The van der Waals surface area contributed by atoms with Gasteiger partial charge in [-0.3, -0.25) is 4.79 Å². The maximum atomic E-state index is 12.6. The summed E-state index contributed by atoms with van der Waals surface area (Å²) in [5, 5.41) is -0.504. The largest absolute Gasteiger partial charge is 0.341 e. The van der Waals surface area contributed by atoms with Crippen molar-refractivity contribution < 1.29 is 13.2 Å². The van der Waals surface area contributed by atoms with Crippen molar-refractivity contribution in [2.45, 2.75) is 38.9 Å². The summed E-state index contributed by atoms with van der Waals surface area (Å²) in [6.45, 7) is 10.3. The lowest BCUT2D eigenvalue weighted by Gasteiger charge is -2.38. The van der Waals surface area contributed by atoms with Gasteiger partial charge in [0.15, 0.2) is 0 Å². The van der Waals surface area contributed by atoms with E-state index in [4.69, 9.17) is 0 Å². The third-order valence-corrected chi connectivity index (χ3v) is 6.44. The Labute approximate surface area is 122 Å². The van der Waals surface area contributed by atoms with Crippen LogP contribution in [0.4, 0.5) is 0 Å². The van der Waals surface area contributed by atoms with Gasteiger partial charge in [-0.1, -0.05) is 12.2 Å². The minimum atomic E-state index is -3.32. The van der Waals surface area contributed by atoms with Crippen LogP contribution in [-0.4, -0.2) is 56.0 Å². The van der Waals surface area contributed by atoms with Gasteiger partial charge in [0.05, 0.1) is 10.7 Å². The fourth-order valence-electron chi connectivity index (χ4n) is 2.24. The van der Waals surface area contributed by atoms with Gasteiger partial charge in [-0.25, -0.2) is 12.7 Å². The standard InChI is InChI=1S/C14H26N2O3S/c1-11(2)14(3,4)13(17)16-9-7-8-12(10-16)20(18,19)15(5)6/h12H,1,7-10H2,2-6H3. The Morgan fingerprint density at radius 2 is 1.90 bits per heavy atom. The first-order valence-corrected chi connectivity index (χ1v) is 8.38. The fraction of sp³-hybridized carbons (Fsp3) is 0.786. The van der Waals surface area contributed by atoms with Gasteiger partial charge in [0.1, 0.15) is 0 Å². The van der Waals surface area contributed by atoms with E-state index in [2.05, 4.69) is 6.58 Å². The summed E-state index contributed by atoms with van der Waals surface area (Å²) in [7, 11) is -0.244. The second kappa shape index (κ2) is 5.85. The lowest BCUT2D eigenvalue weighted by atomic mass is 9.84. The number of piperidine rings is 1. The van der Waals surface area contributed by atoms with E-state index in [0.29, 0.717) is 13.0 Å². The van der Waals surface area contributed by atoms with Crippen molar-refractivity contribution in [3.05, 3.63) is 12.2 Å². The molecule has 0 aromatic heterocycles. The smallest absolute Gasteiger partial charge is 0.232 e. The van der Waals surface area contributed by atoms with Crippen molar-refractivity contribution in [1.82, 2.24) is 9.21 Å². The first-order valence-electron chi connectivity index (χ1n) is 6.88. The van der Waals surface area contributed by atoms with Gasteiger partial charge in [-0.15, -0.1) is 0 Å². The topological polar surface area (TPSA) is 57.7 Å². The molecule has 0 spiro atoms. The molecule has 0 radical (unpaired) electrons. The Morgan fingerprint density at radius 1 is 1.35 bits per heavy atom. The minimum absolute atomic E-state index is 0.0383. The molecule has 0 aliphatic carbocycles. The lowest BCUT2D eigenvalue weighted by molar-refractivity contribution is -0.139. The lowest BCUT2D eigenvalue weighted by Crippen LogP contribution is -2.51. The molecule has 1 amide bonds. The number of rotatable bonds is 4. The maximum Gasteiger partial charge on any atom is 0.232 e. The molecule has 0 aromatic rings. The monoisotopic (exact) mass is 302 g/mol. The van der Waals surface area contributed by atoms with E-state index in [1.807, 2.05) is 20.8 Å². The van der Waals surface area contributed by atoms with Crippen molar-refractivity contribution in [3.63, 3.8) is 0 Å². The molecule has 1 unspecified atom stereocenters. The number of sulfonamides is 1. The number of nitrogens with zero attached hydrogens (tertiary/aromatic N) is 2. The Morgan fingerprint density at radius 3 is 2.35 bits per heavy atom. The van der Waals surface area contributed by atoms with Crippen LogP contribution in [0.25, 0.3) is 0 Å².